The third-order valence-corrected chi connectivity index (χ3v) is 3.18. The molecular formula is C13H22N2S. The van der Waals surface area contributed by atoms with Gasteiger partial charge in [0.25, 0.3) is 0 Å². The highest BCUT2D eigenvalue weighted by Crippen LogP contribution is 2.14. The summed E-state index contributed by atoms with van der Waals surface area (Å²) in [5.41, 5.74) is 7.16. The van der Waals surface area contributed by atoms with Gasteiger partial charge < -0.3 is 11.1 Å². The maximum atomic E-state index is 5.91. The van der Waals surface area contributed by atoms with E-state index in [2.05, 4.69) is 49.7 Å². The minimum Gasteiger partial charge on any atom is -0.326 e. The first-order chi connectivity index (χ1) is 7.51. The Morgan fingerprint density at radius 3 is 2.38 bits per heavy atom. The van der Waals surface area contributed by atoms with Crippen LogP contribution in [0.25, 0.3) is 0 Å². The molecule has 0 bridgehead atoms. The van der Waals surface area contributed by atoms with Crippen LogP contribution in [-0.4, -0.2) is 18.3 Å². The first-order valence-corrected chi connectivity index (χ1v) is 6.86. The zero-order valence-corrected chi connectivity index (χ0v) is 11.2. The number of benzene rings is 1. The third kappa shape index (κ3) is 5.54. The third-order valence-electron chi connectivity index (χ3n) is 2.43. The topological polar surface area (TPSA) is 38.0 Å². The SMILES string of the molecule is CSc1ccc(CNCCC(C)(C)N)cc1. The van der Waals surface area contributed by atoms with Crippen molar-refractivity contribution in [2.24, 2.45) is 5.73 Å². The van der Waals surface area contributed by atoms with Gasteiger partial charge in [-0.3, -0.25) is 0 Å². The molecule has 1 aromatic carbocycles. The quantitative estimate of drug-likeness (QED) is 0.591. The van der Waals surface area contributed by atoms with Gasteiger partial charge in [0.1, 0.15) is 0 Å². The lowest BCUT2D eigenvalue weighted by Gasteiger charge is -2.18. The van der Waals surface area contributed by atoms with Crippen molar-refractivity contribution in [1.29, 1.82) is 0 Å². The molecule has 0 saturated carbocycles. The van der Waals surface area contributed by atoms with Crippen molar-refractivity contribution in [3.8, 4) is 0 Å². The number of nitrogens with two attached hydrogens (primary N) is 1. The summed E-state index contributed by atoms with van der Waals surface area (Å²) in [5.74, 6) is 0. The molecule has 3 heteroatoms. The average Bonchev–Trinajstić information content (AvgIpc) is 2.24. The van der Waals surface area contributed by atoms with E-state index in [1.165, 1.54) is 10.5 Å². The van der Waals surface area contributed by atoms with Crippen LogP contribution < -0.4 is 11.1 Å². The average molecular weight is 238 g/mol. The predicted octanol–water partition coefficient (Wildman–Crippen LogP) is 2.63. The smallest absolute Gasteiger partial charge is 0.0205 e. The van der Waals surface area contributed by atoms with Crippen molar-refractivity contribution in [1.82, 2.24) is 5.32 Å². The molecule has 3 N–H and O–H groups in total. The number of rotatable bonds is 6. The largest absolute Gasteiger partial charge is 0.326 e. The number of hydrogen-bond donors (Lipinski definition) is 2. The monoisotopic (exact) mass is 238 g/mol. The Kier molecular flexibility index (Phi) is 5.32. The molecule has 90 valence electrons. The van der Waals surface area contributed by atoms with E-state index < -0.39 is 0 Å². The molecule has 0 atom stereocenters. The van der Waals surface area contributed by atoms with Crippen LogP contribution >= 0.6 is 11.8 Å². The highest BCUT2D eigenvalue weighted by atomic mass is 32.2. The molecule has 0 aliphatic rings. The zero-order chi connectivity index (χ0) is 12.0. The van der Waals surface area contributed by atoms with Gasteiger partial charge in [-0.1, -0.05) is 12.1 Å². The highest BCUT2D eigenvalue weighted by molar-refractivity contribution is 7.98. The summed E-state index contributed by atoms with van der Waals surface area (Å²) >= 11 is 1.77. The molecule has 0 unspecified atom stereocenters. The summed E-state index contributed by atoms with van der Waals surface area (Å²) in [6.07, 6.45) is 3.09. The minimum absolute atomic E-state index is 0.0737. The fraction of sp³-hybridized carbons (Fsp3) is 0.538. The normalized spacial score (nSPS) is 11.8. The van der Waals surface area contributed by atoms with E-state index in [9.17, 15) is 0 Å². The Hall–Kier alpha value is -0.510. The standard InChI is InChI=1S/C13H22N2S/c1-13(2,14)8-9-15-10-11-4-6-12(16-3)7-5-11/h4-7,15H,8-10,14H2,1-3H3. The maximum Gasteiger partial charge on any atom is 0.0205 e. The molecule has 0 aromatic heterocycles. The lowest BCUT2D eigenvalue weighted by atomic mass is 10.0. The summed E-state index contributed by atoms with van der Waals surface area (Å²) in [4.78, 5) is 1.31. The molecule has 0 saturated heterocycles. The predicted molar refractivity (Wildman–Crippen MR) is 72.8 cm³/mol. The molecule has 0 fully saturated rings. The summed E-state index contributed by atoms with van der Waals surface area (Å²) in [6, 6.07) is 8.67. The molecular weight excluding hydrogens is 216 g/mol. The molecule has 1 aromatic rings. The van der Waals surface area contributed by atoms with Gasteiger partial charge in [0.05, 0.1) is 0 Å². The van der Waals surface area contributed by atoms with Gasteiger partial charge in [-0.25, -0.2) is 0 Å². The van der Waals surface area contributed by atoms with Gasteiger partial charge in [0.2, 0.25) is 0 Å². The Morgan fingerprint density at radius 1 is 1.25 bits per heavy atom. The van der Waals surface area contributed by atoms with Gasteiger partial charge >= 0.3 is 0 Å². The fourth-order valence-corrected chi connectivity index (χ4v) is 1.79. The number of thioether (sulfide) groups is 1. The van der Waals surface area contributed by atoms with Crippen molar-refractivity contribution in [2.75, 3.05) is 12.8 Å². The molecule has 16 heavy (non-hydrogen) atoms. The van der Waals surface area contributed by atoms with Crippen molar-refractivity contribution in [2.45, 2.75) is 37.2 Å². The van der Waals surface area contributed by atoms with Crippen molar-refractivity contribution >= 4 is 11.8 Å². The van der Waals surface area contributed by atoms with E-state index in [4.69, 9.17) is 5.73 Å². The molecule has 2 nitrogen and oxygen atoms in total. The van der Waals surface area contributed by atoms with E-state index >= 15 is 0 Å². The molecule has 0 aliphatic carbocycles. The Balaban J connectivity index is 2.27. The number of hydrogen-bond acceptors (Lipinski definition) is 3. The molecule has 0 aliphatic heterocycles. The Bertz CT molecular complexity index is 301. The van der Waals surface area contributed by atoms with Gasteiger partial charge in [-0.15, -0.1) is 11.8 Å². The van der Waals surface area contributed by atoms with Gasteiger partial charge in [0.15, 0.2) is 0 Å². The zero-order valence-electron chi connectivity index (χ0n) is 10.4. The highest BCUT2D eigenvalue weighted by Gasteiger charge is 2.08. The van der Waals surface area contributed by atoms with E-state index in [0.29, 0.717) is 0 Å². The second-order valence-corrected chi connectivity index (χ2v) is 5.64. The van der Waals surface area contributed by atoms with Crippen LogP contribution in [0.4, 0.5) is 0 Å². The van der Waals surface area contributed by atoms with Crippen LogP contribution in [0.2, 0.25) is 0 Å². The van der Waals surface area contributed by atoms with E-state index in [1.54, 1.807) is 11.8 Å². The van der Waals surface area contributed by atoms with Crippen molar-refractivity contribution in [3.05, 3.63) is 29.8 Å². The molecule has 0 heterocycles. The minimum atomic E-state index is -0.0737. The Labute approximate surface area is 103 Å². The van der Waals surface area contributed by atoms with Crippen LogP contribution in [0.5, 0.6) is 0 Å². The molecule has 0 radical (unpaired) electrons. The first-order valence-electron chi connectivity index (χ1n) is 5.64. The Morgan fingerprint density at radius 2 is 1.88 bits per heavy atom. The van der Waals surface area contributed by atoms with Crippen LogP contribution in [0.1, 0.15) is 25.8 Å². The molecule has 0 spiro atoms. The number of nitrogens with one attached hydrogen (secondary N) is 1. The van der Waals surface area contributed by atoms with Gasteiger partial charge in [0, 0.05) is 17.0 Å². The summed E-state index contributed by atoms with van der Waals surface area (Å²) in [6.45, 7) is 6.00. The maximum absolute atomic E-state index is 5.91. The van der Waals surface area contributed by atoms with Crippen LogP contribution in [0.3, 0.4) is 0 Å². The van der Waals surface area contributed by atoms with Crippen LogP contribution in [0.15, 0.2) is 29.2 Å². The van der Waals surface area contributed by atoms with Gasteiger partial charge in [-0.05, 0) is 50.8 Å². The van der Waals surface area contributed by atoms with E-state index in [0.717, 1.165) is 19.5 Å². The first kappa shape index (κ1) is 13.6. The van der Waals surface area contributed by atoms with Crippen LogP contribution in [-0.2, 0) is 6.54 Å². The summed E-state index contributed by atoms with van der Waals surface area (Å²) in [7, 11) is 0. The summed E-state index contributed by atoms with van der Waals surface area (Å²) in [5, 5.41) is 3.41. The van der Waals surface area contributed by atoms with E-state index in [1.807, 2.05) is 0 Å². The van der Waals surface area contributed by atoms with Crippen molar-refractivity contribution in [3.63, 3.8) is 0 Å². The van der Waals surface area contributed by atoms with Crippen molar-refractivity contribution < 1.29 is 0 Å². The summed E-state index contributed by atoms with van der Waals surface area (Å²) < 4.78 is 0. The fourth-order valence-electron chi connectivity index (χ4n) is 1.39. The van der Waals surface area contributed by atoms with Gasteiger partial charge in [-0.2, -0.15) is 0 Å². The van der Waals surface area contributed by atoms with Crippen LogP contribution in [0, 0.1) is 0 Å². The van der Waals surface area contributed by atoms with E-state index in [-0.39, 0.29) is 5.54 Å². The second-order valence-electron chi connectivity index (χ2n) is 4.76. The lowest BCUT2D eigenvalue weighted by Crippen LogP contribution is -2.35. The second kappa shape index (κ2) is 6.28. The lowest BCUT2D eigenvalue weighted by molar-refractivity contribution is 0.455. The molecule has 0 amide bonds. The molecule has 1 rings (SSSR count).